The summed E-state index contributed by atoms with van der Waals surface area (Å²) < 4.78 is 1.66. The molecule has 0 aliphatic carbocycles. The van der Waals surface area contributed by atoms with E-state index in [9.17, 15) is 14.7 Å². The van der Waals surface area contributed by atoms with Crippen LogP contribution in [0.4, 0.5) is 4.79 Å². The smallest absolute Gasteiger partial charge is 0.407 e. The summed E-state index contributed by atoms with van der Waals surface area (Å²) >= 11 is 0. The van der Waals surface area contributed by atoms with Crippen LogP contribution in [0.25, 0.3) is 11.0 Å². The topological polar surface area (TPSA) is 102 Å². The number of amides is 1. The molecule has 1 amide bonds. The molecule has 1 aliphatic heterocycles. The van der Waals surface area contributed by atoms with Crippen molar-refractivity contribution >= 4 is 17.1 Å². The zero-order chi connectivity index (χ0) is 21.2. The molecule has 0 spiro atoms. The number of carboxylic acid groups (broad SMARTS) is 1. The van der Waals surface area contributed by atoms with Gasteiger partial charge in [-0.25, -0.2) is 9.78 Å². The molecule has 1 aromatic carbocycles. The fourth-order valence-electron chi connectivity index (χ4n) is 4.10. The van der Waals surface area contributed by atoms with Crippen LogP contribution in [0, 0.1) is 11.3 Å². The molecule has 1 fully saturated rings. The lowest BCUT2D eigenvalue weighted by Gasteiger charge is -2.43. The first kappa shape index (κ1) is 20.8. The Hall–Kier alpha value is -2.92. The number of benzene rings is 1. The Bertz CT molecular complexity index is 994. The van der Waals surface area contributed by atoms with Gasteiger partial charge in [0.25, 0.3) is 5.56 Å². The van der Waals surface area contributed by atoms with Crippen molar-refractivity contribution in [1.29, 1.82) is 5.26 Å². The normalized spacial score (nSPS) is 15.9. The monoisotopic (exact) mass is 397 g/mol. The van der Waals surface area contributed by atoms with Crippen molar-refractivity contribution in [3.8, 4) is 6.07 Å². The van der Waals surface area contributed by atoms with Crippen LogP contribution < -0.4 is 5.56 Å². The van der Waals surface area contributed by atoms with Crippen LogP contribution in [0.5, 0.6) is 0 Å². The van der Waals surface area contributed by atoms with Gasteiger partial charge in [0.05, 0.1) is 28.9 Å². The lowest BCUT2D eigenvalue weighted by molar-refractivity contribution is 0.0417. The lowest BCUT2D eigenvalue weighted by Crippen LogP contribution is -2.54. The van der Waals surface area contributed by atoms with Gasteiger partial charge in [-0.2, -0.15) is 5.26 Å². The molecule has 2 heterocycles. The molecule has 3 rings (SSSR count). The molecular weight excluding hydrogens is 370 g/mol. The van der Waals surface area contributed by atoms with Gasteiger partial charge in [0.15, 0.2) is 0 Å². The Morgan fingerprint density at radius 1 is 1.31 bits per heavy atom. The van der Waals surface area contributed by atoms with Crippen molar-refractivity contribution in [3.63, 3.8) is 0 Å². The van der Waals surface area contributed by atoms with Crippen LogP contribution >= 0.6 is 0 Å². The second-order valence-corrected chi connectivity index (χ2v) is 8.46. The van der Waals surface area contributed by atoms with Crippen molar-refractivity contribution in [3.05, 3.63) is 40.3 Å². The molecule has 29 heavy (non-hydrogen) atoms. The summed E-state index contributed by atoms with van der Waals surface area (Å²) in [6, 6.07) is 7.25. The zero-order valence-corrected chi connectivity index (χ0v) is 17.1. The molecule has 8 nitrogen and oxygen atoms in total. The summed E-state index contributed by atoms with van der Waals surface area (Å²) in [4.78, 5) is 32.0. The van der Waals surface area contributed by atoms with E-state index in [2.05, 4.69) is 16.0 Å². The van der Waals surface area contributed by atoms with Gasteiger partial charge in [-0.3, -0.25) is 4.79 Å². The first-order chi connectivity index (χ1) is 13.7. The van der Waals surface area contributed by atoms with Crippen LogP contribution in [0.1, 0.15) is 39.2 Å². The van der Waals surface area contributed by atoms with E-state index in [1.165, 1.54) is 6.20 Å². The van der Waals surface area contributed by atoms with Crippen LogP contribution in [0.15, 0.2) is 29.2 Å². The summed E-state index contributed by atoms with van der Waals surface area (Å²) in [5, 5.41) is 18.7. The number of piperidine rings is 1. The average Bonchev–Trinajstić information content (AvgIpc) is 2.66. The first-order valence-electron chi connectivity index (χ1n) is 9.85. The summed E-state index contributed by atoms with van der Waals surface area (Å²) in [5.41, 5.74) is 1.23. The fourth-order valence-corrected chi connectivity index (χ4v) is 4.10. The summed E-state index contributed by atoms with van der Waals surface area (Å²) in [6.07, 6.45) is 1.98. The van der Waals surface area contributed by atoms with Gasteiger partial charge in [0.1, 0.15) is 0 Å². The minimum Gasteiger partial charge on any atom is -0.465 e. The lowest BCUT2D eigenvalue weighted by atomic mass is 9.97. The third kappa shape index (κ3) is 4.57. The molecule has 1 saturated heterocycles. The van der Waals surface area contributed by atoms with Crippen LogP contribution in [-0.2, 0) is 6.54 Å². The minimum atomic E-state index is -0.876. The highest BCUT2D eigenvalue weighted by Crippen LogP contribution is 2.24. The quantitative estimate of drug-likeness (QED) is 0.850. The molecular formula is C21H27N5O3. The molecule has 154 valence electrons. The number of rotatable bonds is 4. The highest BCUT2D eigenvalue weighted by Gasteiger charge is 2.35. The molecule has 2 aromatic rings. The van der Waals surface area contributed by atoms with E-state index in [4.69, 9.17) is 5.26 Å². The Morgan fingerprint density at radius 2 is 2.00 bits per heavy atom. The van der Waals surface area contributed by atoms with Gasteiger partial charge in [-0.05, 0) is 51.8 Å². The molecule has 0 unspecified atom stereocenters. The standard InChI is InChI=1S/C21H27N5O3/c1-21(2,3)26(20(28)29)16-6-8-24(9-7-16)10-11-25-18-12-15(13-22)4-5-17(18)23-14-19(25)27/h4-5,12,14,16H,6-11H2,1-3H3,(H,28,29). The number of likely N-dealkylation sites (tertiary alicyclic amines) is 1. The number of carbonyl (C=O) groups is 1. The summed E-state index contributed by atoms with van der Waals surface area (Å²) in [6.45, 7) is 8.51. The maximum Gasteiger partial charge on any atom is 0.407 e. The number of fused-ring (bicyclic) bond motifs is 1. The van der Waals surface area contributed by atoms with Crippen molar-refractivity contribution < 1.29 is 9.90 Å². The second kappa shape index (κ2) is 8.21. The van der Waals surface area contributed by atoms with E-state index in [1.807, 2.05) is 20.8 Å². The molecule has 1 aromatic heterocycles. The number of hydrogen-bond donors (Lipinski definition) is 1. The van der Waals surface area contributed by atoms with Gasteiger partial charge in [0, 0.05) is 37.8 Å². The average molecular weight is 397 g/mol. The van der Waals surface area contributed by atoms with Gasteiger partial charge in [-0.15, -0.1) is 0 Å². The van der Waals surface area contributed by atoms with Crippen LogP contribution in [-0.4, -0.2) is 61.8 Å². The highest BCUT2D eigenvalue weighted by molar-refractivity contribution is 5.76. The SMILES string of the molecule is CC(C)(C)N(C(=O)O)C1CCN(CCn2c(=O)cnc3ccc(C#N)cc32)CC1. The van der Waals surface area contributed by atoms with E-state index in [-0.39, 0.29) is 11.6 Å². The fraction of sp³-hybridized carbons (Fsp3) is 0.524. The van der Waals surface area contributed by atoms with Gasteiger partial charge in [0.2, 0.25) is 0 Å². The maximum absolute atomic E-state index is 12.4. The van der Waals surface area contributed by atoms with Crippen molar-refractivity contribution in [2.45, 2.75) is 51.7 Å². The first-order valence-corrected chi connectivity index (χ1v) is 9.85. The second-order valence-electron chi connectivity index (χ2n) is 8.46. The number of aromatic nitrogens is 2. The van der Waals surface area contributed by atoms with Crippen LogP contribution in [0.3, 0.4) is 0 Å². The predicted octanol–water partition coefficient (Wildman–Crippen LogP) is 2.51. The Labute approximate surface area is 170 Å². The van der Waals surface area contributed by atoms with E-state index in [0.717, 1.165) is 25.9 Å². The van der Waals surface area contributed by atoms with E-state index in [1.54, 1.807) is 27.7 Å². The Balaban J connectivity index is 1.68. The molecule has 1 aliphatic rings. The molecule has 8 heteroatoms. The third-order valence-electron chi connectivity index (χ3n) is 5.47. The van der Waals surface area contributed by atoms with Crippen LogP contribution in [0.2, 0.25) is 0 Å². The molecule has 0 bridgehead atoms. The maximum atomic E-state index is 12.4. The van der Waals surface area contributed by atoms with Gasteiger partial charge >= 0.3 is 6.09 Å². The van der Waals surface area contributed by atoms with E-state index >= 15 is 0 Å². The van der Waals surface area contributed by atoms with E-state index in [0.29, 0.717) is 29.7 Å². The number of nitrogens with zero attached hydrogens (tertiary/aromatic N) is 5. The molecule has 1 N–H and O–H groups in total. The van der Waals surface area contributed by atoms with Crippen molar-refractivity contribution in [2.24, 2.45) is 0 Å². The predicted molar refractivity (Wildman–Crippen MR) is 110 cm³/mol. The largest absolute Gasteiger partial charge is 0.465 e. The summed E-state index contributed by atoms with van der Waals surface area (Å²) in [7, 11) is 0. The highest BCUT2D eigenvalue weighted by atomic mass is 16.4. The summed E-state index contributed by atoms with van der Waals surface area (Å²) in [5.74, 6) is 0. The molecule has 0 saturated carbocycles. The van der Waals surface area contributed by atoms with Gasteiger partial charge < -0.3 is 19.5 Å². The Kier molecular flexibility index (Phi) is 5.89. The number of hydrogen-bond acceptors (Lipinski definition) is 5. The molecule has 0 radical (unpaired) electrons. The third-order valence-corrected chi connectivity index (χ3v) is 5.47. The minimum absolute atomic E-state index is 0.00594. The number of nitriles is 1. The molecule has 0 atom stereocenters. The Morgan fingerprint density at radius 3 is 2.59 bits per heavy atom. The zero-order valence-electron chi connectivity index (χ0n) is 17.1. The van der Waals surface area contributed by atoms with E-state index < -0.39 is 11.6 Å². The van der Waals surface area contributed by atoms with Crippen molar-refractivity contribution in [2.75, 3.05) is 19.6 Å². The van der Waals surface area contributed by atoms with Gasteiger partial charge in [-0.1, -0.05) is 0 Å². The van der Waals surface area contributed by atoms with Crippen molar-refractivity contribution in [1.82, 2.24) is 19.4 Å².